The summed E-state index contributed by atoms with van der Waals surface area (Å²) in [6, 6.07) is 18.4. The minimum absolute atomic E-state index is 0.266. The summed E-state index contributed by atoms with van der Waals surface area (Å²) in [5.41, 5.74) is 7.09. The fourth-order valence-corrected chi connectivity index (χ4v) is 1.69. The summed E-state index contributed by atoms with van der Waals surface area (Å²) in [5, 5.41) is 0. The highest BCUT2D eigenvalue weighted by molar-refractivity contribution is 5.89. The molecule has 0 aliphatic rings. The molecule has 1 unspecified atom stereocenters. The fourth-order valence-electron chi connectivity index (χ4n) is 1.69. The Bertz CT molecular complexity index is 496. The number of hydrogen-bond donors (Lipinski definition) is 1. The van der Waals surface area contributed by atoms with Gasteiger partial charge in [0.1, 0.15) is 6.10 Å². The standard InChI is InChI=1S/C15H15NO2/c16-11-14(12-7-3-1-4-8-12)18-15(17)13-9-5-2-6-10-13/h1-10,14H,11,16H2. The van der Waals surface area contributed by atoms with Crippen molar-refractivity contribution in [3.8, 4) is 0 Å². The van der Waals surface area contributed by atoms with Crippen LogP contribution in [0.25, 0.3) is 0 Å². The van der Waals surface area contributed by atoms with Crippen molar-refractivity contribution >= 4 is 5.97 Å². The molecule has 0 bridgehead atoms. The number of ether oxygens (including phenoxy) is 1. The molecule has 92 valence electrons. The lowest BCUT2D eigenvalue weighted by Gasteiger charge is -2.16. The molecule has 0 amide bonds. The van der Waals surface area contributed by atoms with Gasteiger partial charge in [0.25, 0.3) is 0 Å². The highest BCUT2D eigenvalue weighted by Crippen LogP contribution is 2.17. The van der Waals surface area contributed by atoms with Crippen molar-refractivity contribution in [3.05, 3.63) is 71.8 Å². The molecule has 3 nitrogen and oxygen atoms in total. The molecule has 0 aliphatic heterocycles. The van der Waals surface area contributed by atoms with Gasteiger partial charge in [-0.25, -0.2) is 4.79 Å². The van der Waals surface area contributed by atoms with E-state index >= 15 is 0 Å². The molecule has 2 N–H and O–H groups in total. The van der Waals surface area contributed by atoms with Gasteiger partial charge in [0.2, 0.25) is 0 Å². The predicted molar refractivity (Wildman–Crippen MR) is 70.1 cm³/mol. The van der Waals surface area contributed by atoms with Crippen LogP contribution in [0.1, 0.15) is 22.0 Å². The van der Waals surface area contributed by atoms with Crippen molar-refractivity contribution in [2.24, 2.45) is 5.73 Å². The number of esters is 1. The van der Waals surface area contributed by atoms with E-state index in [2.05, 4.69) is 0 Å². The topological polar surface area (TPSA) is 52.3 Å². The molecule has 0 saturated heterocycles. The van der Waals surface area contributed by atoms with E-state index in [0.29, 0.717) is 5.56 Å². The second-order valence-corrected chi connectivity index (χ2v) is 3.91. The van der Waals surface area contributed by atoms with Gasteiger partial charge in [0, 0.05) is 6.54 Å². The second-order valence-electron chi connectivity index (χ2n) is 3.91. The molecule has 2 rings (SSSR count). The molecule has 0 heterocycles. The number of carbonyl (C=O) groups is 1. The van der Waals surface area contributed by atoms with E-state index in [0.717, 1.165) is 5.56 Å². The molecule has 2 aromatic rings. The maximum atomic E-state index is 11.9. The molecule has 3 heteroatoms. The minimum Gasteiger partial charge on any atom is -0.453 e. The van der Waals surface area contributed by atoms with Crippen molar-refractivity contribution in [1.29, 1.82) is 0 Å². The molecule has 18 heavy (non-hydrogen) atoms. The quantitative estimate of drug-likeness (QED) is 0.837. The van der Waals surface area contributed by atoms with Crippen LogP contribution in [0.15, 0.2) is 60.7 Å². The molecule has 1 atom stereocenters. The third-order valence-electron chi connectivity index (χ3n) is 2.64. The summed E-state index contributed by atoms with van der Waals surface area (Å²) in [6.45, 7) is 0.266. The van der Waals surface area contributed by atoms with Crippen LogP contribution < -0.4 is 5.73 Å². The van der Waals surface area contributed by atoms with E-state index in [4.69, 9.17) is 10.5 Å². The molecule has 0 aliphatic carbocycles. The number of rotatable bonds is 4. The van der Waals surface area contributed by atoms with Crippen LogP contribution in [0.5, 0.6) is 0 Å². The van der Waals surface area contributed by atoms with Gasteiger partial charge in [-0.3, -0.25) is 0 Å². The van der Waals surface area contributed by atoms with Crippen molar-refractivity contribution in [2.45, 2.75) is 6.10 Å². The largest absolute Gasteiger partial charge is 0.453 e. The summed E-state index contributed by atoms with van der Waals surface area (Å²) < 4.78 is 5.41. The average Bonchev–Trinajstić information content (AvgIpc) is 2.46. The number of hydrogen-bond acceptors (Lipinski definition) is 3. The summed E-state index contributed by atoms with van der Waals surface area (Å²) in [6.07, 6.45) is -0.404. The number of nitrogens with two attached hydrogens (primary N) is 1. The van der Waals surface area contributed by atoms with E-state index in [1.165, 1.54) is 0 Å². The summed E-state index contributed by atoms with van der Waals surface area (Å²) in [5.74, 6) is -0.352. The van der Waals surface area contributed by atoms with Crippen LogP contribution in [-0.4, -0.2) is 12.5 Å². The summed E-state index contributed by atoms with van der Waals surface area (Å²) >= 11 is 0. The highest BCUT2D eigenvalue weighted by Gasteiger charge is 2.15. The third kappa shape index (κ3) is 2.96. The molecular weight excluding hydrogens is 226 g/mol. The Kier molecular flexibility index (Phi) is 4.10. The van der Waals surface area contributed by atoms with E-state index in [1.54, 1.807) is 24.3 Å². The zero-order chi connectivity index (χ0) is 12.8. The zero-order valence-corrected chi connectivity index (χ0v) is 9.95. The SMILES string of the molecule is NCC(OC(=O)c1ccccc1)c1ccccc1. The van der Waals surface area contributed by atoms with Crippen LogP contribution in [0.3, 0.4) is 0 Å². The van der Waals surface area contributed by atoms with Crippen LogP contribution in [0.4, 0.5) is 0 Å². The van der Waals surface area contributed by atoms with Crippen molar-refractivity contribution in [2.75, 3.05) is 6.54 Å². The van der Waals surface area contributed by atoms with Crippen LogP contribution >= 0.6 is 0 Å². The van der Waals surface area contributed by atoms with Gasteiger partial charge in [0.15, 0.2) is 0 Å². The Labute approximate surface area is 106 Å². The van der Waals surface area contributed by atoms with Gasteiger partial charge in [-0.05, 0) is 17.7 Å². The van der Waals surface area contributed by atoms with Crippen molar-refractivity contribution in [3.63, 3.8) is 0 Å². The predicted octanol–water partition coefficient (Wildman–Crippen LogP) is 2.54. The zero-order valence-electron chi connectivity index (χ0n) is 9.95. The van der Waals surface area contributed by atoms with Gasteiger partial charge < -0.3 is 10.5 Å². The lowest BCUT2D eigenvalue weighted by Crippen LogP contribution is -2.19. The maximum absolute atomic E-state index is 11.9. The Morgan fingerprint density at radius 1 is 1.00 bits per heavy atom. The van der Waals surface area contributed by atoms with E-state index < -0.39 is 6.10 Å². The second kappa shape index (κ2) is 5.98. The van der Waals surface area contributed by atoms with Crippen LogP contribution in [0, 0.1) is 0 Å². The smallest absolute Gasteiger partial charge is 0.338 e. The molecular formula is C15H15NO2. The Hall–Kier alpha value is -2.13. The Balaban J connectivity index is 2.10. The Morgan fingerprint density at radius 2 is 1.56 bits per heavy atom. The maximum Gasteiger partial charge on any atom is 0.338 e. The monoisotopic (exact) mass is 241 g/mol. The summed E-state index contributed by atoms with van der Waals surface area (Å²) in [4.78, 5) is 11.9. The lowest BCUT2D eigenvalue weighted by atomic mass is 10.1. The first-order chi connectivity index (χ1) is 8.81. The lowest BCUT2D eigenvalue weighted by molar-refractivity contribution is 0.0316. The fraction of sp³-hybridized carbons (Fsp3) is 0.133. The first kappa shape index (κ1) is 12.3. The van der Waals surface area contributed by atoms with E-state index in [-0.39, 0.29) is 12.5 Å². The highest BCUT2D eigenvalue weighted by atomic mass is 16.5. The molecule has 0 saturated carbocycles. The number of carbonyl (C=O) groups excluding carboxylic acids is 1. The third-order valence-corrected chi connectivity index (χ3v) is 2.64. The molecule has 0 aromatic heterocycles. The van der Waals surface area contributed by atoms with Gasteiger partial charge in [-0.2, -0.15) is 0 Å². The molecule has 0 radical (unpaired) electrons. The first-order valence-corrected chi connectivity index (χ1v) is 5.82. The van der Waals surface area contributed by atoms with E-state index in [9.17, 15) is 4.79 Å². The Morgan fingerprint density at radius 3 is 2.11 bits per heavy atom. The molecule has 0 spiro atoms. The molecule has 0 fully saturated rings. The summed E-state index contributed by atoms with van der Waals surface area (Å²) in [7, 11) is 0. The average molecular weight is 241 g/mol. The van der Waals surface area contributed by atoms with Gasteiger partial charge in [-0.15, -0.1) is 0 Å². The normalized spacial score (nSPS) is 11.8. The van der Waals surface area contributed by atoms with Gasteiger partial charge in [-0.1, -0.05) is 48.5 Å². The van der Waals surface area contributed by atoms with Crippen LogP contribution in [-0.2, 0) is 4.74 Å². The van der Waals surface area contributed by atoms with Crippen molar-refractivity contribution < 1.29 is 9.53 Å². The van der Waals surface area contributed by atoms with Gasteiger partial charge >= 0.3 is 5.97 Å². The van der Waals surface area contributed by atoms with Crippen molar-refractivity contribution in [1.82, 2.24) is 0 Å². The minimum atomic E-state index is -0.404. The van der Waals surface area contributed by atoms with Crippen LogP contribution in [0.2, 0.25) is 0 Å². The van der Waals surface area contributed by atoms with E-state index in [1.807, 2.05) is 36.4 Å². The first-order valence-electron chi connectivity index (χ1n) is 5.82. The number of benzene rings is 2. The van der Waals surface area contributed by atoms with Gasteiger partial charge in [0.05, 0.1) is 5.56 Å². The molecule has 2 aromatic carbocycles.